The van der Waals surface area contributed by atoms with Gasteiger partial charge in [-0.15, -0.1) is 32.3 Å². The van der Waals surface area contributed by atoms with Crippen molar-refractivity contribution in [2.45, 2.75) is 576 Å². The third-order valence-electron chi connectivity index (χ3n) is 55.1. The molecule has 10 N–H and O–H groups in total. The van der Waals surface area contributed by atoms with Gasteiger partial charge in [0.15, 0.2) is 0 Å². The van der Waals surface area contributed by atoms with Gasteiger partial charge in [-0.3, -0.25) is 0 Å². The van der Waals surface area contributed by atoms with Gasteiger partial charge in [0.25, 0.3) is 0 Å². The Bertz CT molecular complexity index is 4550. The van der Waals surface area contributed by atoms with E-state index < -0.39 is 56.0 Å². The van der Waals surface area contributed by atoms with Crippen LogP contribution in [0.25, 0.3) is 0 Å². The lowest BCUT2D eigenvalue weighted by atomic mass is 9.43. The second kappa shape index (κ2) is 43.2. The average Bonchev–Trinajstić information content (AvgIpc) is 1.58. The third-order valence-corrected chi connectivity index (χ3v) is 55.1. The van der Waals surface area contributed by atoms with Crippen molar-refractivity contribution in [1.82, 2.24) is 0 Å². The van der Waals surface area contributed by atoms with Crippen LogP contribution in [0.4, 0.5) is 0 Å². The van der Waals surface area contributed by atoms with Crippen molar-refractivity contribution in [3.05, 3.63) is 24.3 Å². The molecule has 0 aromatic rings. The van der Waals surface area contributed by atoms with Crippen LogP contribution in [0.15, 0.2) is 24.3 Å². The van der Waals surface area contributed by atoms with Gasteiger partial charge in [-0.25, -0.2) is 0 Å². The van der Waals surface area contributed by atoms with E-state index in [-0.39, 0.29) is 0 Å². The van der Waals surface area contributed by atoms with E-state index in [1.807, 2.05) is 13.8 Å². The minimum Gasteiger partial charge on any atom is -0.390 e. The molecule has 0 aliphatic heterocycles. The fourth-order valence-corrected chi connectivity index (χ4v) is 45.4. The standard InChI is InChI=1S/C28H48O2.3C28H46O2.C28H44O2/c5*1-7-25(3,29)14-12-19(2)22-10-11-23-21-9-8-20-18-26(4,30)16-17-27(20,5)24(21)13-15-28(22,23)6/h7,19-24,29-30H,1,8-18H2,2-6H3;3*1,19-24,29-30H,8-18H2,2-6H3;1,8,19,21-24,29-30H,9-18H2,2-6H3/t2*19-,20+,21+,22-,23+,24+,25?,26+,27+,28-;19-,20+,21+,22-,23+,24+,25+,26+,27+,28-;19-,20+,21+,22-,23+,24+,25-,26+,27+,28-;19-,21+,22-,23+,24+,25-,26+,27+,28-/m11111/s1. The van der Waals surface area contributed by atoms with E-state index in [0.29, 0.717) is 127 Å². The summed E-state index contributed by atoms with van der Waals surface area (Å²) in [5, 5.41) is 105. The van der Waals surface area contributed by atoms with Gasteiger partial charge in [0, 0.05) is 0 Å². The molecule has 2 unspecified atom stereocenters. The van der Waals surface area contributed by atoms with Crippen molar-refractivity contribution in [3.63, 3.8) is 0 Å². The molecule has 10 nitrogen and oxygen atoms in total. The summed E-state index contributed by atoms with van der Waals surface area (Å²) in [5.74, 6) is 33.2. The summed E-state index contributed by atoms with van der Waals surface area (Å²) in [6.07, 6.45) is 90.8. The molecule has 10 heteroatoms. The van der Waals surface area contributed by atoms with Crippen LogP contribution in [0.5, 0.6) is 0 Å². The van der Waals surface area contributed by atoms with Gasteiger partial charge in [-0.05, 0) is 642 Å². The lowest BCUT2D eigenvalue weighted by Crippen LogP contribution is -2.55. The van der Waals surface area contributed by atoms with Crippen molar-refractivity contribution >= 4 is 0 Å². The third kappa shape index (κ3) is 23.1. The van der Waals surface area contributed by atoms with Crippen molar-refractivity contribution in [3.8, 4) is 49.4 Å². The Kier molecular flexibility index (Phi) is 34.5. The molecule has 20 rings (SSSR count). The highest BCUT2D eigenvalue weighted by molar-refractivity contribution is 5.28. The van der Waals surface area contributed by atoms with Crippen LogP contribution in [0, 0.1) is 275 Å². The van der Waals surface area contributed by atoms with E-state index in [4.69, 9.17) is 25.7 Å². The van der Waals surface area contributed by atoms with Crippen LogP contribution < -0.4 is 0 Å². The van der Waals surface area contributed by atoms with E-state index in [9.17, 15) is 51.1 Å². The van der Waals surface area contributed by atoms with Crippen LogP contribution in [0.3, 0.4) is 0 Å². The molecule has 20 aliphatic carbocycles. The Hall–Kier alpha value is -2.68. The van der Waals surface area contributed by atoms with E-state index in [2.05, 4.69) is 168 Å². The first-order chi connectivity index (χ1) is 69.6. The zero-order chi connectivity index (χ0) is 110. The first kappa shape index (κ1) is 120. The van der Waals surface area contributed by atoms with Gasteiger partial charge in [-0.1, -0.05) is 145 Å². The summed E-state index contributed by atoms with van der Waals surface area (Å²) in [5.41, 5.74) is -0.830. The second-order valence-corrected chi connectivity index (χ2v) is 64.8. The van der Waals surface area contributed by atoms with E-state index in [1.54, 1.807) is 39.3 Å². The van der Waals surface area contributed by atoms with Crippen molar-refractivity contribution < 1.29 is 51.1 Å². The number of rotatable bonds is 21. The molecule has 0 heterocycles. The lowest BCUT2D eigenvalue weighted by molar-refractivity contribution is -0.148. The highest BCUT2D eigenvalue weighted by Gasteiger charge is 2.69. The molecular weight excluding hydrogens is 1840 g/mol. The topological polar surface area (TPSA) is 202 Å². The summed E-state index contributed by atoms with van der Waals surface area (Å²) in [7, 11) is 0. The minimum atomic E-state index is -0.966. The second-order valence-electron chi connectivity index (χ2n) is 64.8. The lowest BCUT2D eigenvalue weighted by Gasteiger charge is -2.62. The fourth-order valence-electron chi connectivity index (χ4n) is 45.4. The largest absolute Gasteiger partial charge is 0.390 e. The number of allylic oxidation sites excluding steroid dienone is 1. The smallest absolute Gasteiger partial charge is 0.122 e. The Morgan fingerprint density at radius 2 is 0.500 bits per heavy atom. The molecule has 49 atom stereocenters. The SMILES string of the molecule is C#CC(C)(O)CC[C@@H](C)[C@H]1CC[C@H]2[C@@H]3CC[C@H]4C[C@@](C)(O)CC[C@]4(C)[C@H]3CC[C@]12C.C#C[C@@](C)(O)CC[C@@H](C)[C@H]1CC[C@H]2[C@@H]3CC=C4C[C@@](C)(O)CC[C@]4(C)[C@H]3CC[C@]12C.C#C[C@@](C)(O)CC[C@@H](C)[C@H]1CC[C@H]2[C@@H]3CC[C@H]4C[C@@](C)(O)CC[C@]4(C)[C@H]3CC[C@]12C.C#C[C@](C)(O)CC[C@@H](C)[C@H]1CC[C@H]2[C@@H]3CC[C@H]4C[C@@](C)(O)CC[C@]4(C)[C@H]3CC[C@]12C.C=CC(C)(O)CC[C@@H](C)[C@H]1CC[C@H]2[C@@H]3CC[C@H]4C[C@@](C)(O)CC[C@]4(C)[C@H]3CC[C@]12C. The summed E-state index contributed by atoms with van der Waals surface area (Å²) >= 11 is 0. The van der Waals surface area contributed by atoms with Crippen LogP contribution in [0.2, 0.25) is 0 Å². The molecule has 19 fully saturated rings. The molecule has 20 aliphatic rings. The maximum atomic E-state index is 10.7. The molecular formula is C140H230O10. The fraction of sp³-hybridized carbons (Fsp3) is 0.914. The van der Waals surface area contributed by atoms with Gasteiger partial charge >= 0.3 is 0 Å². The number of hydrogen-bond donors (Lipinski definition) is 10. The number of terminal acetylenes is 4. The van der Waals surface area contributed by atoms with E-state index >= 15 is 0 Å². The van der Waals surface area contributed by atoms with Crippen molar-refractivity contribution in [2.75, 3.05) is 0 Å². The molecule has 0 saturated heterocycles. The zero-order valence-corrected chi connectivity index (χ0v) is 101. The highest BCUT2D eigenvalue weighted by atomic mass is 16.3. The number of aliphatic hydroxyl groups is 10. The Balaban J connectivity index is 0.000000133. The molecule has 0 bridgehead atoms. The van der Waals surface area contributed by atoms with E-state index in [1.165, 1.54) is 212 Å². The van der Waals surface area contributed by atoms with Crippen LogP contribution >= 0.6 is 0 Å². The van der Waals surface area contributed by atoms with Gasteiger partial charge in [0.2, 0.25) is 0 Å². The molecule has 0 aromatic carbocycles. The minimum absolute atomic E-state index is 0.307. The zero-order valence-electron chi connectivity index (χ0n) is 101. The van der Waals surface area contributed by atoms with Crippen LogP contribution in [-0.4, -0.2) is 107 Å². The average molecular weight is 2070 g/mol. The summed E-state index contributed by atoms with van der Waals surface area (Å²) in [6.45, 7) is 61.2. The molecule has 19 saturated carbocycles. The maximum absolute atomic E-state index is 10.7. The van der Waals surface area contributed by atoms with Crippen molar-refractivity contribution in [1.29, 1.82) is 0 Å². The van der Waals surface area contributed by atoms with Gasteiger partial charge in [0.1, 0.15) is 22.4 Å². The summed E-state index contributed by atoms with van der Waals surface area (Å²) in [6, 6.07) is 0. The van der Waals surface area contributed by atoms with E-state index in [0.717, 1.165) is 233 Å². The molecule has 850 valence electrons. The molecule has 150 heavy (non-hydrogen) atoms. The maximum Gasteiger partial charge on any atom is 0.122 e. The van der Waals surface area contributed by atoms with Gasteiger partial charge < -0.3 is 51.1 Å². The first-order valence-electron chi connectivity index (χ1n) is 64.1. The normalized spacial score (nSPS) is 50.6. The predicted molar refractivity (Wildman–Crippen MR) is 620 cm³/mol. The quantitative estimate of drug-likeness (QED) is 0.0389. The summed E-state index contributed by atoms with van der Waals surface area (Å²) < 4.78 is 0. The molecule has 0 aromatic heterocycles. The number of hydrogen-bond acceptors (Lipinski definition) is 10. The first-order valence-corrected chi connectivity index (χ1v) is 64.1. The Labute approximate surface area is 920 Å². The Morgan fingerprint density at radius 3 is 0.740 bits per heavy atom. The predicted octanol–water partition coefficient (Wildman–Crippen LogP) is 31.5. The molecule has 0 radical (unpaired) electrons. The monoisotopic (exact) mass is 2070 g/mol. The van der Waals surface area contributed by atoms with Crippen LogP contribution in [0.1, 0.15) is 520 Å². The van der Waals surface area contributed by atoms with Crippen LogP contribution in [-0.2, 0) is 0 Å². The van der Waals surface area contributed by atoms with Crippen molar-refractivity contribution in [2.24, 2.45) is 226 Å². The molecule has 0 spiro atoms. The highest BCUT2D eigenvalue weighted by Crippen LogP contribution is 2.77. The molecule has 0 amide bonds. The van der Waals surface area contributed by atoms with Gasteiger partial charge in [-0.2, -0.15) is 0 Å². The van der Waals surface area contributed by atoms with Gasteiger partial charge in [0.05, 0.1) is 33.6 Å². The number of fused-ring (bicyclic) bond motifs is 25. The Morgan fingerprint density at radius 1 is 0.280 bits per heavy atom. The summed E-state index contributed by atoms with van der Waals surface area (Å²) in [4.78, 5) is 0.